The Balaban J connectivity index is 5.58. The molecule has 0 N–H and O–H groups in total. The van der Waals surface area contributed by atoms with Crippen molar-refractivity contribution in [3.8, 4) is 0 Å². The highest BCUT2D eigenvalue weighted by molar-refractivity contribution is 6.70. The van der Waals surface area contributed by atoms with Crippen LogP contribution in [0.25, 0.3) is 0 Å². The van der Waals surface area contributed by atoms with Crippen molar-refractivity contribution in [2.75, 3.05) is 0 Å². The molecule has 0 aliphatic carbocycles. The van der Waals surface area contributed by atoms with E-state index in [2.05, 4.69) is 39.5 Å². The summed E-state index contributed by atoms with van der Waals surface area (Å²) in [4.78, 5) is 0. The topological polar surface area (TPSA) is 9.23 Å². The van der Waals surface area contributed by atoms with Crippen LogP contribution in [0.15, 0.2) is 0 Å². The number of rotatable bonds is 4. The SMILES string of the molecule is FC(F)(Cl)C(F)(OC(F)(Cl)C(Cl)(Cl)Cl)C(F)(F)Cl. The summed E-state index contributed by atoms with van der Waals surface area (Å²) in [6.07, 6.45) is 0. The van der Waals surface area contributed by atoms with Gasteiger partial charge in [0, 0.05) is 0 Å². The molecule has 0 heterocycles. The molecule has 0 radical (unpaired) electrons. The third-order valence-electron chi connectivity index (χ3n) is 1.33. The van der Waals surface area contributed by atoms with Crippen LogP contribution in [0.5, 0.6) is 0 Å². The third kappa shape index (κ3) is 3.90. The van der Waals surface area contributed by atoms with Crippen LogP contribution in [0.2, 0.25) is 0 Å². The maximum atomic E-state index is 13.3. The molecule has 1 atom stereocenters. The van der Waals surface area contributed by atoms with E-state index in [1.807, 2.05) is 0 Å². The van der Waals surface area contributed by atoms with Crippen molar-refractivity contribution in [1.29, 1.82) is 0 Å². The molecule has 0 aromatic rings. The zero-order valence-electron chi connectivity index (χ0n) is 7.44. The van der Waals surface area contributed by atoms with Crippen molar-refractivity contribution in [3.05, 3.63) is 0 Å². The van der Waals surface area contributed by atoms with Crippen molar-refractivity contribution in [3.63, 3.8) is 0 Å². The van der Waals surface area contributed by atoms with E-state index in [4.69, 9.17) is 34.8 Å². The molecule has 0 rings (SSSR count). The lowest BCUT2D eigenvalue weighted by atomic mass is 10.3. The Hall–Kier alpha value is 1.28. The van der Waals surface area contributed by atoms with Crippen LogP contribution < -0.4 is 0 Å². The Morgan fingerprint density at radius 3 is 1.06 bits per heavy atom. The van der Waals surface area contributed by atoms with Gasteiger partial charge in [0.05, 0.1) is 0 Å². The minimum absolute atomic E-state index is 2.99. The molecule has 0 fully saturated rings. The van der Waals surface area contributed by atoms with Gasteiger partial charge in [0.1, 0.15) is 0 Å². The summed E-state index contributed by atoms with van der Waals surface area (Å²) in [5, 5.41) is -15.4. The maximum absolute atomic E-state index is 13.3. The van der Waals surface area contributed by atoms with Crippen molar-refractivity contribution in [1.82, 2.24) is 0 Å². The van der Waals surface area contributed by atoms with Gasteiger partial charge in [0.2, 0.25) is 0 Å². The zero-order valence-corrected chi connectivity index (χ0v) is 12.0. The fourth-order valence-electron chi connectivity index (χ4n) is 0.511. The standard InChI is InChI=1S/C5Cl6F6O/c6-2(7,8)5(11,17)18-1(12,3(9,13)14)4(10,15)16. The molecular formula is C5Cl6F6O. The van der Waals surface area contributed by atoms with Gasteiger partial charge in [0.25, 0.3) is 3.79 Å². The average molecular weight is 403 g/mol. The second-order valence-corrected chi connectivity index (χ2v) is 6.42. The molecule has 13 heteroatoms. The normalized spacial score (nSPS) is 18.7. The van der Waals surface area contributed by atoms with Crippen LogP contribution in [0, 0.1) is 0 Å². The van der Waals surface area contributed by atoms with Crippen LogP contribution in [0.4, 0.5) is 26.3 Å². The highest BCUT2D eigenvalue weighted by Gasteiger charge is 2.75. The minimum atomic E-state index is -5.58. The largest absolute Gasteiger partial charge is 0.387 e. The van der Waals surface area contributed by atoms with Gasteiger partial charge in [-0.1, -0.05) is 34.8 Å². The highest BCUT2D eigenvalue weighted by atomic mass is 35.6. The molecule has 0 saturated carbocycles. The van der Waals surface area contributed by atoms with Crippen molar-refractivity contribution >= 4 is 69.6 Å². The summed E-state index contributed by atoms with van der Waals surface area (Å²) in [5.74, 6) is -5.58. The Morgan fingerprint density at radius 1 is 0.611 bits per heavy atom. The minimum Gasteiger partial charge on any atom is -0.280 e. The van der Waals surface area contributed by atoms with Crippen LogP contribution in [-0.4, -0.2) is 25.7 Å². The molecule has 0 saturated heterocycles. The molecular weight excluding hydrogens is 403 g/mol. The first kappa shape index (κ1) is 19.3. The van der Waals surface area contributed by atoms with Crippen LogP contribution in [0.3, 0.4) is 0 Å². The number of hydrogen-bond acceptors (Lipinski definition) is 1. The first-order valence-electron chi connectivity index (χ1n) is 3.43. The number of ether oxygens (including phenoxy) is 1. The number of alkyl halides is 12. The van der Waals surface area contributed by atoms with E-state index >= 15 is 0 Å². The molecule has 18 heavy (non-hydrogen) atoms. The van der Waals surface area contributed by atoms with E-state index in [1.54, 1.807) is 0 Å². The van der Waals surface area contributed by atoms with Crippen molar-refractivity contribution < 1.29 is 31.1 Å². The van der Waals surface area contributed by atoms with Gasteiger partial charge in [-0.05, 0) is 34.8 Å². The second kappa shape index (κ2) is 5.24. The summed E-state index contributed by atoms with van der Waals surface area (Å²) in [6, 6.07) is 0. The van der Waals surface area contributed by atoms with E-state index in [1.165, 1.54) is 0 Å². The molecule has 0 aromatic carbocycles. The lowest BCUT2D eigenvalue weighted by molar-refractivity contribution is -0.352. The molecule has 0 amide bonds. The van der Waals surface area contributed by atoms with Crippen molar-refractivity contribution in [2.24, 2.45) is 0 Å². The van der Waals surface area contributed by atoms with Gasteiger partial charge in [-0.3, -0.25) is 4.74 Å². The highest BCUT2D eigenvalue weighted by Crippen LogP contribution is 2.55. The molecule has 1 unspecified atom stereocenters. The Kier molecular flexibility index (Phi) is 5.61. The van der Waals surface area contributed by atoms with Gasteiger partial charge < -0.3 is 0 Å². The van der Waals surface area contributed by atoms with Crippen LogP contribution in [0.1, 0.15) is 0 Å². The number of hydrogen-bond donors (Lipinski definition) is 0. The van der Waals surface area contributed by atoms with E-state index in [9.17, 15) is 26.3 Å². The predicted octanol–water partition coefficient (Wildman–Crippen LogP) is 5.56. The first-order chi connectivity index (χ1) is 7.46. The van der Waals surface area contributed by atoms with E-state index in [0.717, 1.165) is 0 Å². The van der Waals surface area contributed by atoms with E-state index in [0.29, 0.717) is 0 Å². The molecule has 0 spiro atoms. The molecule has 0 bridgehead atoms. The quantitative estimate of drug-likeness (QED) is 0.441. The van der Waals surface area contributed by atoms with Gasteiger partial charge in [-0.2, -0.15) is 26.3 Å². The maximum Gasteiger partial charge on any atom is 0.387 e. The van der Waals surface area contributed by atoms with E-state index < -0.39 is 25.7 Å². The van der Waals surface area contributed by atoms with Gasteiger partial charge in [0.15, 0.2) is 0 Å². The van der Waals surface area contributed by atoms with Gasteiger partial charge in [-0.25, -0.2) is 0 Å². The lowest BCUT2D eigenvalue weighted by Gasteiger charge is -2.37. The van der Waals surface area contributed by atoms with Crippen LogP contribution in [-0.2, 0) is 4.74 Å². The Morgan fingerprint density at radius 2 is 0.889 bits per heavy atom. The molecule has 0 aliphatic heterocycles. The van der Waals surface area contributed by atoms with E-state index in [-0.39, 0.29) is 0 Å². The van der Waals surface area contributed by atoms with Crippen LogP contribution >= 0.6 is 69.6 Å². The van der Waals surface area contributed by atoms with Gasteiger partial charge in [-0.15, -0.1) is 0 Å². The summed E-state index contributed by atoms with van der Waals surface area (Å²) >= 11 is 27.0. The molecule has 110 valence electrons. The Bertz CT molecular complexity index is 291. The lowest BCUT2D eigenvalue weighted by Crippen LogP contribution is -2.59. The summed E-state index contributed by atoms with van der Waals surface area (Å²) in [5.41, 5.74) is 0. The molecule has 0 aliphatic rings. The predicted molar refractivity (Wildman–Crippen MR) is 56.5 cm³/mol. The fraction of sp³-hybridized carbons (Fsp3) is 1.00. The molecule has 1 nitrogen and oxygen atoms in total. The summed E-state index contributed by atoms with van der Waals surface area (Å²) in [6.45, 7) is 0. The smallest absolute Gasteiger partial charge is 0.280 e. The second-order valence-electron chi connectivity index (χ2n) is 2.71. The number of halogens is 12. The zero-order chi connectivity index (χ0) is 15.2. The summed E-state index contributed by atoms with van der Waals surface area (Å²) in [7, 11) is 0. The third-order valence-corrected chi connectivity index (χ3v) is 3.19. The monoisotopic (exact) mass is 400 g/mol. The van der Waals surface area contributed by atoms with Gasteiger partial charge >= 0.3 is 21.9 Å². The average Bonchev–Trinajstić information content (AvgIpc) is 1.95. The Labute approximate surface area is 126 Å². The summed E-state index contributed by atoms with van der Waals surface area (Å²) < 4.78 is 76.3. The first-order valence-corrected chi connectivity index (χ1v) is 5.69. The molecule has 0 aromatic heterocycles. The fourth-order valence-corrected chi connectivity index (χ4v) is 1.10. The van der Waals surface area contributed by atoms with Crippen molar-refractivity contribution in [2.45, 2.75) is 25.7 Å².